The summed E-state index contributed by atoms with van der Waals surface area (Å²) >= 11 is 0. The van der Waals surface area contributed by atoms with E-state index in [0.29, 0.717) is 19.3 Å². The summed E-state index contributed by atoms with van der Waals surface area (Å²) in [7, 11) is 0. The summed E-state index contributed by atoms with van der Waals surface area (Å²) in [5.41, 5.74) is 0. The Labute approximate surface area is 134 Å². The summed E-state index contributed by atoms with van der Waals surface area (Å²) in [6.07, 6.45) is 12.3. The van der Waals surface area contributed by atoms with Gasteiger partial charge in [0.05, 0.1) is 0 Å². The highest BCUT2D eigenvalue weighted by atomic mass is 16.4. The Morgan fingerprint density at radius 2 is 1.50 bits per heavy atom. The summed E-state index contributed by atoms with van der Waals surface area (Å²) < 4.78 is 0. The van der Waals surface area contributed by atoms with E-state index in [0.717, 1.165) is 51.2 Å². The van der Waals surface area contributed by atoms with Gasteiger partial charge in [0, 0.05) is 12.8 Å². The van der Waals surface area contributed by atoms with Crippen molar-refractivity contribution < 1.29 is 19.5 Å². The zero-order valence-electron chi connectivity index (χ0n) is 14.0. The molecule has 0 saturated heterocycles. The molecule has 0 fully saturated rings. The maximum atomic E-state index is 12.0. The Hall–Kier alpha value is -1.19. The average Bonchev–Trinajstić information content (AvgIpc) is 2.49. The Morgan fingerprint density at radius 3 is 2.14 bits per heavy atom. The molecule has 1 atom stereocenters. The lowest BCUT2D eigenvalue weighted by Crippen LogP contribution is -2.23. The Balaban J connectivity index is 3.82. The van der Waals surface area contributed by atoms with Crippen molar-refractivity contribution in [2.24, 2.45) is 5.92 Å². The van der Waals surface area contributed by atoms with E-state index in [-0.39, 0.29) is 5.78 Å². The summed E-state index contributed by atoms with van der Waals surface area (Å²) in [5, 5.41) is 9.19. The van der Waals surface area contributed by atoms with Crippen LogP contribution in [0.15, 0.2) is 0 Å². The number of carbonyl (C=O) groups excluding carboxylic acids is 2. The van der Waals surface area contributed by atoms with Gasteiger partial charge in [-0.25, -0.2) is 0 Å². The first-order chi connectivity index (χ1) is 10.6. The maximum absolute atomic E-state index is 12.0. The fourth-order valence-corrected chi connectivity index (χ4v) is 2.61. The highest BCUT2D eigenvalue weighted by molar-refractivity contribution is 5.98. The molecule has 0 aliphatic heterocycles. The van der Waals surface area contributed by atoms with Crippen LogP contribution in [-0.4, -0.2) is 23.1 Å². The van der Waals surface area contributed by atoms with Crippen LogP contribution in [0.2, 0.25) is 0 Å². The zero-order chi connectivity index (χ0) is 16.6. The van der Waals surface area contributed by atoms with Gasteiger partial charge in [0.2, 0.25) is 0 Å². The molecule has 0 aromatic rings. The molecule has 1 unspecified atom stereocenters. The lowest BCUT2D eigenvalue weighted by atomic mass is 9.93. The van der Waals surface area contributed by atoms with E-state index >= 15 is 0 Å². The van der Waals surface area contributed by atoms with Gasteiger partial charge in [-0.1, -0.05) is 58.3 Å². The van der Waals surface area contributed by atoms with Crippen LogP contribution < -0.4 is 0 Å². The number of carbonyl (C=O) groups is 3. The van der Waals surface area contributed by atoms with Crippen LogP contribution in [0.4, 0.5) is 0 Å². The standard InChI is InChI=1S/C18H32O4/c1-2-3-4-5-8-11-14-17(20)16(18(21)22)13-10-7-6-9-12-15-19/h15-16H,2-14H2,1H3,(H,21,22). The molecule has 4 nitrogen and oxygen atoms in total. The number of carboxylic acids is 1. The number of rotatable bonds is 16. The third kappa shape index (κ3) is 11.5. The number of aliphatic carboxylic acids is 1. The number of hydrogen-bond acceptors (Lipinski definition) is 3. The summed E-state index contributed by atoms with van der Waals surface area (Å²) in [6.45, 7) is 2.17. The molecule has 4 heteroatoms. The lowest BCUT2D eigenvalue weighted by Gasteiger charge is -2.11. The van der Waals surface area contributed by atoms with Crippen molar-refractivity contribution in [1.29, 1.82) is 0 Å². The van der Waals surface area contributed by atoms with E-state index in [1.54, 1.807) is 0 Å². The van der Waals surface area contributed by atoms with Gasteiger partial charge in [0.1, 0.15) is 18.0 Å². The van der Waals surface area contributed by atoms with Gasteiger partial charge in [-0.3, -0.25) is 9.59 Å². The van der Waals surface area contributed by atoms with E-state index < -0.39 is 11.9 Å². The van der Waals surface area contributed by atoms with Crippen LogP contribution in [0.1, 0.15) is 90.4 Å². The van der Waals surface area contributed by atoms with Gasteiger partial charge < -0.3 is 9.90 Å². The number of carboxylic acid groups (broad SMARTS) is 1. The minimum absolute atomic E-state index is 0.115. The van der Waals surface area contributed by atoms with Gasteiger partial charge in [-0.15, -0.1) is 0 Å². The van der Waals surface area contributed by atoms with Crippen LogP contribution in [0, 0.1) is 5.92 Å². The molecule has 0 aliphatic carbocycles. The second kappa shape index (κ2) is 14.7. The van der Waals surface area contributed by atoms with Crippen molar-refractivity contribution in [3.05, 3.63) is 0 Å². The van der Waals surface area contributed by atoms with Crippen molar-refractivity contribution >= 4 is 18.0 Å². The number of Topliss-reactive ketones (excluding diaryl/α,β-unsaturated/α-hetero) is 1. The van der Waals surface area contributed by atoms with Crippen molar-refractivity contribution in [3.63, 3.8) is 0 Å². The molecular weight excluding hydrogens is 280 g/mol. The smallest absolute Gasteiger partial charge is 0.314 e. The first kappa shape index (κ1) is 20.8. The monoisotopic (exact) mass is 312 g/mol. The molecule has 0 aliphatic rings. The van der Waals surface area contributed by atoms with Crippen molar-refractivity contribution in [1.82, 2.24) is 0 Å². The fraction of sp³-hybridized carbons (Fsp3) is 0.833. The van der Waals surface area contributed by atoms with Gasteiger partial charge >= 0.3 is 5.97 Å². The second-order valence-corrected chi connectivity index (χ2v) is 6.03. The molecular formula is C18H32O4. The lowest BCUT2D eigenvalue weighted by molar-refractivity contribution is -0.146. The van der Waals surface area contributed by atoms with Gasteiger partial charge in [0.15, 0.2) is 0 Å². The molecule has 22 heavy (non-hydrogen) atoms. The molecule has 0 radical (unpaired) electrons. The van der Waals surface area contributed by atoms with Crippen molar-refractivity contribution in [2.45, 2.75) is 90.4 Å². The number of ketones is 1. The van der Waals surface area contributed by atoms with Gasteiger partial charge in [-0.05, 0) is 19.3 Å². The van der Waals surface area contributed by atoms with Crippen LogP contribution in [0.3, 0.4) is 0 Å². The summed E-state index contributed by atoms with van der Waals surface area (Å²) in [5.74, 6) is -1.93. The van der Waals surface area contributed by atoms with E-state index in [1.807, 2.05) is 0 Å². The maximum Gasteiger partial charge on any atom is 0.314 e. The minimum atomic E-state index is -0.983. The van der Waals surface area contributed by atoms with Crippen molar-refractivity contribution in [3.8, 4) is 0 Å². The predicted octanol–water partition coefficient (Wildman–Crippen LogP) is 4.55. The molecule has 0 bridgehead atoms. The summed E-state index contributed by atoms with van der Waals surface area (Å²) in [6, 6.07) is 0. The molecule has 0 aromatic heterocycles. The van der Waals surface area contributed by atoms with E-state index in [4.69, 9.17) is 0 Å². The Kier molecular flexibility index (Phi) is 13.9. The second-order valence-electron chi connectivity index (χ2n) is 6.03. The first-order valence-electron chi connectivity index (χ1n) is 8.82. The topological polar surface area (TPSA) is 71.4 Å². The third-order valence-electron chi connectivity index (χ3n) is 4.03. The van der Waals surface area contributed by atoms with Crippen LogP contribution in [-0.2, 0) is 14.4 Å². The van der Waals surface area contributed by atoms with E-state index in [1.165, 1.54) is 19.3 Å². The molecule has 0 rings (SSSR count). The van der Waals surface area contributed by atoms with Crippen LogP contribution in [0.25, 0.3) is 0 Å². The largest absolute Gasteiger partial charge is 0.481 e. The van der Waals surface area contributed by atoms with Crippen molar-refractivity contribution in [2.75, 3.05) is 0 Å². The Bertz CT molecular complexity index is 312. The Morgan fingerprint density at radius 1 is 0.909 bits per heavy atom. The highest BCUT2D eigenvalue weighted by Gasteiger charge is 2.24. The van der Waals surface area contributed by atoms with Gasteiger partial charge in [0.25, 0.3) is 0 Å². The molecule has 0 spiro atoms. The quantitative estimate of drug-likeness (QED) is 0.258. The predicted molar refractivity (Wildman–Crippen MR) is 87.9 cm³/mol. The number of hydrogen-bond donors (Lipinski definition) is 1. The molecule has 0 aromatic carbocycles. The molecule has 0 saturated carbocycles. The van der Waals surface area contributed by atoms with E-state index in [9.17, 15) is 19.5 Å². The van der Waals surface area contributed by atoms with Gasteiger partial charge in [-0.2, -0.15) is 0 Å². The minimum Gasteiger partial charge on any atom is -0.481 e. The molecule has 1 N–H and O–H groups in total. The molecule has 0 heterocycles. The first-order valence-corrected chi connectivity index (χ1v) is 8.82. The summed E-state index contributed by atoms with van der Waals surface area (Å²) in [4.78, 5) is 33.4. The van der Waals surface area contributed by atoms with Crippen LogP contribution >= 0.6 is 0 Å². The van der Waals surface area contributed by atoms with E-state index in [2.05, 4.69) is 6.92 Å². The SMILES string of the molecule is CCCCCCCCC(=O)C(CCCCCCC=O)C(=O)O. The molecule has 0 amide bonds. The fourth-order valence-electron chi connectivity index (χ4n) is 2.61. The van der Waals surface area contributed by atoms with Crippen LogP contribution in [0.5, 0.6) is 0 Å². The zero-order valence-corrected chi connectivity index (χ0v) is 14.0. The highest BCUT2D eigenvalue weighted by Crippen LogP contribution is 2.17. The molecule has 128 valence electrons. The number of unbranched alkanes of at least 4 members (excludes halogenated alkanes) is 9. The normalized spacial score (nSPS) is 12.0. The average molecular weight is 312 g/mol. The number of aldehydes is 1. The third-order valence-corrected chi connectivity index (χ3v) is 4.03.